The first-order valence-corrected chi connectivity index (χ1v) is 3.86. The number of rotatable bonds is 3. The fraction of sp³-hybridized carbons (Fsp3) is 0.750. The third-order valence-electron chi connectivity index (χ3n) is 0.493. The van der Waals surface area contributed by atoms with Crippen LogP contribution in [0.4, 0.5) is 0 Å². The van der Waals surface area contributed by atoms with Crippen molar-refractivity contribution in [3.05, 3.63) is 6.55 Å². The molecule has 0 aromatic rings. The van der Waals surface area contributed by atoms with Gasteiger partial charge in [0, 0.05) is 6.61 Å². The van der Waals surface area contributed by atoms with E-state index in [9.17, 15) is 0 Å². The lowest BCUT2D eigenvalue weighted by atomic mass is 10.5. The van der Waals surface area contributed by atoms with E-state index in [1.165, 1.54) is 0 Å². The second-order valence-corrected chi connectivity index (χ2v) is 1.93. The smallest absolute Gasteiger partial charge is 0.161 e. The highest BCUT2D eigenvalue weighted by molar-refractivity contribution is 6.29. The lowest BCUT2D eigenvalue weighted by molar-refractivity contribution is 0.340. The van der Waals surface area contributed by atoms with Crippen LogP contribution in [0.25, 0.3) is 0 Å². The van der Waals surface area contributed by atoms with Crippen molar-refractivity contribution in [2.75, 3.05) is 6.61 Å². The maximum absolute atomic E-state index is 5.01. The molecule has 0 spiro atoms. The molecular weight excluding hydrogens is 92.1 g/mol. The molecule has 0 atom stereocenters. The quantitative estimate of drug-likeness (QED) is 0.368. The van der Waals surface area contributed by atoms with Crippen molar-refractivity contribution in [2.45, 2.75) is 13.3 Å². The molecule has 6 heavy (non-hydrogen) atoms. The summed E-state index contributed by atoms with van der Waals surface area (Å²) in [7, 11) is -0.347. The minimum atomic E-state index is -0.347. The van der Waals surface area contributed by atoms with Crippen LogP contribution < -0.4 is 0 Å². The van der Waals surface area contributed by atoms with Crippen molar-refractivity contribution in [1.82, 2.24) is 0 Å². The minimum absolute atomic E-state index is 0.347. The minimum Gasteiger partial charge on any atom is -0.424 e. The molecule has 1 nitrogen and oxygen atoms in total. The highest BCUT2D eigenvalue weighted by atomic mass is 28.2. The molecule has 0 aliphatic heterocycles. The van der Waals surface area contributed by atoms with Gasteiger partial charge in [-0.2, -0.15) is 0 Å². The maximum atomic E-state index is 5.01. The molecule has 0 bridgehead atoms. The first-order valence-electron chi connectivity index (χ1n) is 2.28. The monoisotopic (exact) mass is 103 g/mol. The standard InChI is InChI=1S/C4H11OSi/c1-3-4-5-6-2/h2-4,6H2,1H3. The van der Waals surface area contributed by atoms with Crippen molar-refractivity contribution in [3.8, 4) is 0 Å². The third-order valence-corrected chi connectivity index (χ3v) is 1.07. The highest BCUT2D eigenvalue weighted by Crippen LogP contribution is 1.73. The highest BCUT2D eigenvalue weighted by Gasteiger charge is 1.73. The first kappa shape index (κ1) is 6.18. The van der Waals surface area contributed by atoms with Crippen LogP contribution in [-0.2, 0) is 4.43 Å². The molecule has 0 N–H and O–H groups in total. The Kier molecular flexibility index (Phi) is 5.33. The van der Waals surface area contributed by atoms with E-state index in [1.807, 2.05) is 0 Å². The summed E-state index contributed by atoms with van der Waals surface area (Å²) in [5, 5.41) is 0. The molecule has 0 aliphatic carbocycles. The van der Waals surface area contributed by atoms with Crippen molar-refractivity contribution in [2.24, 2.45) is 0 Å². The average Bonchev–Trinajstić information content (AvgIpc) is 1.61. The van der Waals surface area contributed by atoms with Crippen molar-refractivity contribution >= 4 is 9.76 Å². The van der Waals surface area contributed by atoms with E-state index in [0.29, 0.717) is 0 Å². The Bertz CT molecular complexity index is 19.5. The van der Waals surface area contributed by atoms with Crippen LogP contribution in [0.5, 0.6) is 0 Å². The van der Waals surface area contributed by atoms with E-state index in [-0.39, 0.29) is 9.76 Å². The molecule has 0 unspecified atom stereocenters. The van der Waals surface area contributed by atoms with Gasteiger partial charge in [-0.1, -0.05) is 6.92 Å². The second-order valence-electron chi connectivity index (χ2n) is 1.11. The molecule has 0 aromatic carbocycles. The van der Waals surface area contributed by atoms with Gasteiger partial charge in [0.1, 0.15) is 0 Å². The molecule has 0 aliphatic rings. The first-order chi connectivity index (χ1) is 2.91. The molecular formula is C4H11OSi. The van der Waals surface area contributed by atoms with Crippen molar-refractivity contribution in [3.63, 3.8) is 0 Å². The average molecular weight is 103 g/mol. The zero-order chi connectivity index (χ0) is 4.83. The lowest BCUT2D eigenvalue weighted by Crippen LogP contribution is -1.93. The van der Waals surface area contributed by atoms with E-state index < -0.39 is 0 Å². The van der Waals surface area contributed by atoms with Crippen molar-refractivity contribution in [1.29, 1.82) is 0 Å². The van der Waals surface area contributed by atoms with Crippen LogP contribution in [0.1, 0.15) is 13.3 Å². The summed E-state index contributed by atoms with van der Waals surface area (Å²) in [6, 6.07) is 0. The van der Waals surface area contributed by atoms with E-state index >= 15 is 0 Å². The second kappa shape index (κ2) is 5.18. The van der Waals surface area contributed by atoms with Crippen LogP contribution in [0.3, 0.4) is 0 Å². The predicted octanol–water partition coefficient (Wildman–Crippen LogP) is 0.288. The molecule has 2 heteroatoms. The van der Waals surface area contributed by atoms with E-state index in [0.717, 1.165) is 13.0 Å². The summed E-state index contributed by atoms with van der Waals surface area (Å²) in [6.07, 6.45) is 1.13. The van der Waals surface area contributed by atoms with Gasteiger partial charge in [0.2, 0.25) is 0 Å². The largest absolute Gasteiger partial charge is 0.424 e. The summed E-state index contributed by atoms with van der Waals surface area (Å²) >= 11 is 0. The Hall–Kier alpha value is 0.177. The van der Waals surface area contributed by atoms with Gasteiger partial charge in [-0.05, 0) is 13.0 Å². The fourth-order valence-corrected chi connectivity index (χ4v) is 0.739. The molecule has 0 rings (SSSR count). The summed E-state index contributed by atoms with van der Waals surface area (Å²) in [5.41, 5.74) is 0. The van der Waals surface area contributed by atoms with E-state index in [2.05, 4.69) is 13.5 Å². The van der Waals surface area contributed by atoms with Gasteiger partial charge < -0.3 is 4.43 Å². The Labute approximate surface area is 41.6 Å². The Balaban J connectivity index is 2.34. The molecule has 0 saturated carbocycles. The zero-order valence-electron chi connectivity index (χ0n) is 4.24. The van der Waals surface area contributed by atoms with Gasteiger partial charge in [0.05, 0.1) is 0 Å². The molecule has 0 saturated heterocycles. The van der Waals surface area contributed by atoms with E-state index in [1.54, 1.807) is 0 Å². The number of hydrogen-bond donors (Lipinski definition) is 0. The predicted molar refractivity (Wildman–Crippen MR) is 30.1 cm³/mol. The molecule has 0 aromatic heterocycles. The van der Waals surface area contributed by atoms with Gasteiger partial charge in [-0.3, -0.25) is 0 Å². The van der Waals surface area contributed by atoms with Crippen LogP contribution in [0, 0.1) is 6.55 Å². The van der Waals surface area contributed by atoms with Gasteiger partial charge in [-0.25, -0.2) is 0 Å². The lowest BCUT2D eigenvalue weighted by Gasteiger charge is -1.91. The van der Waals surface area contributed by atoms with Gasteiger partial charge in [-0.15, -0.1) is 0 Å². The third kappa shape index (κ3) is 4.18. The molecule has 0 fully saturated rings. The molecule has 0 amide bonds. The summed E-state index contributed by atoms with van der Waals surface area (Å²) < 4.78 is 5.01. The molecule has 0 heterocycles. The summed E-state index contributed by atoms with van der Waals surface area (Å²) in [6.45, 7) is 6.65. The van der Waals surface area contributed by atoms with Gasteiger partial charge in [0.15, 0.2) is 9.76 Å². The van der Waals surface area contributed by atoms with Gasteiger partial charge >= 0.3 is 0 Å². The summed E-state index contributed by atoms with van der Waals surface area (Å²) in [4.78, 5) is 0. The normalized spacial score (nSPS) is 11.0. The fourth-order valence-electron chi connectivity index (χ4n) is 0.246. The maximum Gasteiger partial charge on any atom is 0.161 e. The Morgan fingerprint density at radius 2 is 2.50 bits per heavy atom. The molecule has 37 valence electrons. The Morgan fingerprint density at radius 3 is 2.67 bits per heavy atom. The van der Waals surface area contributed by atoms with E-state index in [4.69, 9.17) is 4.43 Å². The van der Waals surface area contributed by atoms with Crippen molar-refractivity contribution < 1.29 is 4.43 Å². The molecule has 1 radical (unpaired) electrons. The SMILES string of the molecule is [CH2][SiH2]OCCC. The van der Waals surface area contributed by atoms with Crippen LogP contribution in [0.2, 0.25) is 0 Å². The van der Waals surface area contributed by atoms with Crippen LogP contribution in [0.15, 0.2) is 0 Å². The zero-order valence-corrected chi connectivity index (χ0v) is 5.65. The topological polar surface area (TPSA) is 9.23 Å². The van der Waals surface area contributed by atoms with Crippen LogP contribution in [-0.4, -0.2) is 16.4 Å². The number of hydrogen-bond acceptors (Lipinski definition) is 1. The van der Waals surface area contributed by atoms with Gasteiger partial charge in [0.25, 0.3) is 0 Å². The Morgan fingerprint density at radius 1 is 1.83 bits per heavy atom. The summed E-state index contributed by atoms with van der Waals surface area (Å²) in [5.74, 6) is 0. The van der Waals surface area contributed by atoms with Crippen LogP contribution >= 0.6 is 0 Å².